The molecule has 0 aliphatic carbocycles. The SMILES string of the molecule is CC(C)(C)[C@@H](O)[C@H](OCc1ccccc1)[C@H](Cc1ccccc1)O[Si]([Si](C)(C)C)([Si](C)(C)C)[Si](C)(C)C. The van der Waals surface area contributed by atoms with Crippen LogP contribution < -0.4 is 0 Å². The summed E-state index contributed by atoms with van der Waals surface area (Å²) in [4.78, 5) is 0. The highest BCUT2D eigenvalue weighted by Crippen LogP contribution is 2.41. The molecule has 0 fully saturated rings. The van der Waals surface area contributed by atoms with Gasteiger partial charge in [0.1, 0.15) is 6.10 Å². The number of benzene rings is 2. The van der Waals surface area contributed by atoms with Gasteiger partial charge in [-0.1, -0.05) is 140 Å². The summed E-state index contributed by atoms with van der Waals surface area (Å²) in [6.45, 7) is 27.6. The third-order valence-electron chi connectivity index (χ3n) is 7.63. The zero-order valence-electron chi connectivity index (χ0n) is 25.7. The van der Waals surface area contributed by atoms with E-state index < -0.39 is 41.9 Å². The third kappa shape index (κ3) is 7.87. The van der Waals surface area contributed by atoms with Crippen molar-refractivity contribution in [2.45, 2.75) is 111 Å². The molecule has 2 aromatic rings. The van der Waals surface area contributed by atoms with E-state index in [1.54, 1.807) is 0 Å². The maximum Gasteiger partial charge on any atom is 0.158 e. The Balaban J connectivity index is 2.69. The first-order chi connectivity index (χ1) is 16.8. The fraction of sp³-hybridized carbons (Fsp3) is 0.600. The van der Waals surface area contributed by atoms with Crippen molar-refractivity contribution in [2.75, 3.05) is 0 Å². The van der Waals surface area contributed by atoms with Gasteiger partial charge in [0.2, 0.25) is 0 Å². The lowest BCUT2D eigenvalue weighted by Gasteiger charge is -2.58. The van der Waals surface area contributed by atoms with Crippen molar-refractivity contribution >= 4 is 29.6 Å². The van der Waals surface area contributed by atoms with Crippen LogP contribution in [0.15, 0.2) is 60.7 Å². The molecule has 208 valence electrons. The molecule has 0 amide bonds. The van der Waals surface area contributed by atoms with E-state index in [1.165, 1.54) is 5.56 Å². The molecule has 0 unspecified atom stereocenters. The minimum atomic E-state index is -2.17. The zero-order chi connectivity index (χ0) is 28.3. The Morgan fingerprint density at radius 3 is 1.46 bits per heavy atom. The van der Waals surface area contributed by atoms with Gasteiger partial charge in [0.05, 0.1) is 41.6 Å². The van der Waals surface area contributed by atoms with Gasteiger partial charge in [-0.3, -0.25) is 0 Å². The second kappa shape index (κ2) is 12.1. The average molecular weight is 575 g/mol. The molecule has 37 heavy (non-hydrogen) atoms. The Kier molecular flexibility index (Phi) is 10.6. The van der Waals surface area contributed by atoms with Crippen molar-refractivity contribution in [3.8, 4) is 0 Å². The average Bonchev–Trinajstić information content (AvgIpc) is 2.75. The maximum atomic E-state index is 11.8. The van der Waals surface area contributed by atoms with E-state index in [9.17, 15) is 5.11 Å². The molecule has 2 rings (SSSR count). The van der Waals surface area contributed by atoms with Crippen molar-refractivity contribution in [1.82, 2.24) is 0 Å². The maximum absolute atomic E-state index is 11.8. The van der Waals surface area contributed by atoms with Crippen LogP contribution in [-0.2, 0) is 22.2 Å². The molecule has 0 radical (unpaired) electrons. The molecule has 0 saturated carbocycles. The number of aliphatic hydroxyl groups is 1. The number of hydrogen-bond acceptors (Lipinski definition) is 3. The van der Waals surface area contributed by atoms with Crippen LogP contribution in [0, 0.1) is 5.41 Å². The molecule has 0 spiro atoms. The first kappa shape index (κ1) is 32.4. The van der Waals surface area contributed by atoms with Gasteiger partial charge in [-0.2, -0.15) is 0 Å². The van der Waals surface area contributed by atoms with E-state index in [0.717, 1.165) is 12.0 Å². The minimum absolute atomic E-state index is 0.197. The lowest BCUT2D eigenvalue weighted by molar-refractivity contribution is -0.130. The molecule has 0 aromatic heterocycles. The summed E-state index contributed by atoms with van der Waals surface area (Å²) < 4.78 is 14.6. The second-order valence-corrected chi connectivity index (χ2v) is 54.3. The van der Waals surface area contributed by atoms with Crippen LogP contribution in [0.25, 0.3) is 0 Å². The Morgan fingerprint density at radius 2 is 1.08 bits per heavy atom. The van der Waals surface area contributed by atoms with Gasteiger partial charge in [-0.25, -0.2) is 0 Å². The monoisotopic (exact) mass is 574 g/mol. The number of hydrogen-bond donors (Lipinski definition) is 1. The van der Waals surface area contributed by atoms with Gasteiger partial charge in [-0.05, 0) is 23.0 Å². The van der Waals surface area contributed by atoms with Crippen molar-refractivity contribution in [3.63, 3.8) is 0 Å². The minimum Gasteiger partial charge on any atom is -0.420 e. The Labute approximate surface area is 231 Å². The van der Waals surface area contributed by atoms with E-state index in [1.807, 2.05) is 18.2 Å². The Morgan fingerprint density at radius 1 is 0.676 bits per heavy atom. The van der Waals surface area contributed by atoms with Crippen molar-refractivity contribution < 1.29 is 14.3 Å². The van der Waals surface area contributed by atoms with E-state index in [4.69, 9.17) is 9.16 Å². The van der Waals surface area contributed by atoms with Gasteiger partial charge >= 0.3 is 0 Å². The second-order valence-electron chi connectivity index (χ2n) is 14.8. The summed E-state index contributed by atoms with van der Waals surface area (Å²) in [5.41, 5.74) is 2.03. The van der Waals surface area contributed by atoms with E-state index in [-0.39, 0.29) is 11.5 Å². The fourth-order valence-electron chi connectivity index (χ4n) is 6.86. The van der Waals surface area contributed by atoms with Gasteiger partial charge in [0, 0.05) is 0 Å². The molecule has 1 N–H and O–H groups in total. The van der Waals surface area contributed by atoms with Crippen LogP contribution in [0.2, 0.25) is 58.9 Å². The quantitative estimate of drug-likeness (QED) is 0.263. The molecular formula is C30H54O3Si4. The zero-order valence-corrected chi connectivity index (χ0v) is 29.7. The van der Waals surface area contributed by atoms with Crippen molar-refractivity contribution in [3.05, 3.63) is 71.8 Å². The largest absolute Gasteiger partial charge is 0.420 e. The molecular weight excluding hydrogens is 521 g/mol. The predicted molar refractivity (Wildman–Crippen MR) is 171 cm³/mol. The summed E-state index contributed by atoms with van der Waals surface area (Å²) in [6.07, 6.45) is -0.517. The first-order valence-electron chi connectivity index (χ1n) is 13.9. The molecule has 2 aromatic carbocycles. The predicted octanol–water partition coefficient (Wildman–Crippen LogP) is 7.80. The standard InChI is InChI=1S/C30H54O3Si4/c1-30(2,3)29(31)28(32-24-26-21-17-14-18-22-26)27(23-25-19-15-13-16-20-25)33-37(34(4,5)6,35(7,8)9)36(10,11)12/h13-22,27-29,31H,23-24H2,1-12H3/t27-,28+,29-/m0/s1. The Hall–Kier alpha value is -0.812. The first-order valence-corrected chi connectivity index (χ1v) is 29.3. The van der Waals surface area contributed by atoms with Crippen LogP contribution in [0.4, 0.5) is 0 Å². The lowest BCUT2D eigenvalue weighted by Crippen LogP contribution is -2.85. The van der Waals surface area contributed by atoms with E-state index >= 15 is 0 Å². The molecule has 3 atom stereocenters. The summed E-state index contributed by atoms with van der Waals surface area (Å²) in [6, 6.07) is 21.0. The number of aliphatic hydroxyl groups excluding tert-OH is 1. The highest BCUT2D eigenvalue weighted by molar-refractivity contribution is 7.87. The Bertz CT molecular complexity index is 919. The van der Waals surface area contributed by atoms with E-state index in [0.29, 0.717) is 6.61 Å². The fourth-order valence-corrected chi connectivity index (χ4v) is 101. The van der Waals surface area contributed by atoms with Crippen LogP contribution in [0.5, 0.6) is 0 Å². The number of rotatable bonds is 12. The van der Waals surface area contributed by atoms with Crippen LogP contribution in [0.1, 0.15) is 31.9 Å². The topological polar surface area (TPSA) is 38.7 Å². The van der Waals surface area contributed by atoms with Crippen LogP contribution in [0.3, 0.4) is 0 Å². The van der Waals surface area contributed by atoms with Crippen molar-refractivity contribution in [1.29, 1.82) is 0 Å². The highest BCUT2D eigenvalue weighted by atomic mass is 29.9. The van der Waals surface area contributed by atoms with Crippen LogP contribution >= 0.6 is 0 Å². The lowest BCUT2D eigenvalue weighted by atomic mass is 9.83. The highest BCUT2D eigenvalue weighted by Gasteiger charge is 2.65. The van der Waals surface area contributed by atoms with Gasteiger partial charge in [0.25, 0.3) is 0 Å². The van der Waals surface area contributed by atoms with Gasteiger partial charge in [-0.15, -0.1) is 0 Å². The van der Waals surface area contributed by atoms with E-state index in [2.05, 4.69) is 122 Å². The van der Waals surface area contributed by atoms with Crippen LogP contribution in [-0.4, -0.2) is 53.1 Å². The molecule has 7 heteroatoms. The summed E-state index contributed by atoms with van der Waals surface area (Å²) in [5.74, 6) is 0. The molecule has 3 nitrogen and oxygen atoms in total. The van der Waals surface area contributed by atoms with Gasteiger partial charge in [0.15, 0.2) is 6.87 Å². The summed E-state index contributed by atoms with van der Waals surface area (Å²) in [7, 11) is -5.09. The molecule has 0 aliphatic rings. The normalized spacial score (nSPS) is 16.4. The smallest absolute Gasteiger partial charge is 0.158 e. The third-order valence-corrected chi connectivity index (χ3v) is 75.2. The summed E-state index contributed by atoms with van der Waals surface area (Å²) in [5, 5.41) is 11.8. The van der Waals surface area contributed by atoms with Gasteiger partial charge < -0.3 is 14.3 Å². The molecule has 0 aliphatic heterocycles. The van der Waals surface area contributed by atoms with Crippen molar-refractivity contribution in [2.24, 2.45) is 5.41 Å². The molecule has 0 heterocycles. The summed E-state index contributed by atoms with van der Waals surface area (Å²) >= 11 is 0. The molecule has 0 bridgehead atoms. The molecule has 0 saturated heterocycles. The number of ether oxygens (including phenoxy) is 1.